The van der Waals surface area contributed by atoms with Crippen LogP contribution in [0, 0.1) is 0 Å². The molecule has 1 rings (SSSR count). The molecule has 0 amide bonds. The summed E-state index contributed by atoms with van der Waals surface area (Å²) in [6, 6.07) is 2.70. The molecule has 0 aliphatic carbocycles. The lowest BCUT2D eigenvalue weighted by atomic mass is 10.3. The van der Waals surface area contributed by atoms with E-state index in [-0.39, 0.29) is 20.8 Å². The van der Waals surface area contributed by atoms with Crippen LogP contribution in [0.1, 0.15) is 0 Å². The van der Waals surface area contributed by atoms with E-state index < -0.39 is 7.82 Å². The highest BCUT2D eigenvalue weighted by Gasteiger charge is 2.27. The van der Waals surface area contributed by atoms with Gasteiger partial charge in [0, 0.05) is 26.3 Å². The first-order valence-electron chi connectivity index (χ1n) is 4.27. The molecule has 0 aliphatic rings. The molecule has 0 bridgehead atoms. The Bertz CT molecular complexity index is 433. The minimum Gasteiger partial charge on any atom is -0.403 e. The Balaban J connectivity index is 2.99. The van der Waals surface area contributed by atoms with E-state index in [1.54, 1.807) is 0 Å². The fraction of sp³-hybridized carbons (Fsp3) is 0.250. The maximum absolute atomic E-state index is 11.8. The van der Waals surface area contributed by atoms with Crippen molar-refractivity contribution in [3.63, 3.8) is 0 Å². The van der Waals surface area contributed by atoms with Gasteiger partial charge in [0.1, 0.15) is 5.75 Å². The van der Waals surface area contributed by atoms with E-state index in [1.165, 1.54) is 26.3 Å². The predicted molar refractivity (Wildman–Crippen MR) is 66.9 cm³/mol. The first kappa shape index (κ1) is 15.1. The highest BCUT2D eigenvalue weighted by Crippen LogP contribution is 2.49. The summed E-state index contributed by atoms with van der Waals surface area (Å²) in [5, 5.41) is 0.519. The van der Waals surface area contributed by atoms with E-state index in [0.717, 1.165) is 0 Å². The molecule has 0 saturated heterocycles. The molecule has 1 N–H and O–H groups in total. The normalized spacial score (nSPS) is 14.4. The molecule has 0 saturated carbocycles. The van der Waals surface area contributed by atoms with Crippen molar-refractivity contribution in [2.24, 2.45) is 0 Å². The Labute approximate surface area is 113 Å². The molecule has 0 radical (unpaired) electrons. The molecule has 17 heavy (non-hydrogen) atoms. The van der Waals surface area contributed by atoms with Gasteiger partial charge in [0.2, 0.25) is 0 Å². The van der Waals surface area contributed by atoms with Gasteiger partial charge in [-0.15, -0.1) is 0 Å². The molecule has 1 atom stereocenters. The molecular formula is C8H9Cl3NO4P. The molecule has 0 spiro atoms. The van der Waals surface area contributed by atoms with Gasteiger partial charge in [-0.25, -0.2) is 4.57 Å². The maximum atomic E-state index is 11.8. The van der Waals surface area contributed by atoms with Crippen LogP contribution in [0.5, 0.6) is 5.75 Å². The van der Waals surface area contributed by atoms with E-state index in [0.29, 0.717) is 0 Å². The minimum absolute atomic E-state index is 0.116. The van der Waals surface area contributed by atoms with Crippen LogP contribution < -0.4 is 10.0 Å². The Hall–Kier alpha value is -0.000000000000000167. The van der Waals surface area contributed by atoms with Crippen molar-refractivity contribution in [2.75, 3.05) is 14.2 Å². The van der Waals surface area contributed by atoms with Crippen molar-refractivity contribution >= 4 is 42.6 Å². The van der Waals surface area contributed by atoms with Crippen LogP contribution in [-0.4, -0.2) is 14.2 Å². The second-order valence-electron chi connectivity index (χ2n) is 2.72. The third-order valence-corrected chi connectivity index (χ3v) is 4.09. The number of phosphoric acid groups is 1. The van der Waals surface area contributed by atoms with Gasteiger partial charge in [0.15, 0.2) is 0 Å². The van der Waals surface area contributed by atoms with Crippen molar-refractivity contribution in [1.29, 1.82) is 0 Å². The standard InChI is InChI=1S/C8H9Cl3NO4P/c1-12-16-17(13,14-2)15-5-3-6(9)8(11)7(10)4-5/h3-4,12H,1-2H3. The van der Waals surface area contributed by atoms with E-state index in [2.05, 4.69) is 14.6 Å². The zero-order valence-electron chi connectivity index (χ0n) is 8.87. The van der Waals surface area contributed by atoms with Gasteiger partial charge >= 0.3 is 7.82 Å². The molecule has 9 heteroatoms. The largest absolute Gasteiger partial charge is 0.546 e. The molecule has 0 fully saturated rings. The van der Waals surface area contributed by atoms with Crippen LogP contribution in [0.15, 0.2) is 12.1 Å². The van der Waals surface area contributed by atoms with E-state index in [1.807, 2.05) is 0 Å². The van der Waals surface area contributed by atoms with E-state index in [4.69, 9.17) is 39.3 Å². The van der Waals surface area contributed by atoms with E-state index in [9.17, 15) is 4.57 Å². The number of hydrogen-bond acceptors (Lipinski definition) is 5. The van der Waals surface area contributed by atoms with Crippen molar-refractivity contribution < 1.29 is 18.2 Å². The maximum Gasteiger partial charge on any atom is 0.546 e. The van der Waals surface area contributed by atoms with Crippen LogP contribution in [0.2, 0.25) is 15.1 Å². The molecule has 0 aromatic heterocycles. The lowest BCUT2D eigenvalue weighted by Crippen LogP contribution is -2.09. The lowest BCUT2D eigenvalue weighted by molar-refractivity contribution is 0.130. The van der Waals surface area contributed by atoms with Crippen LogP contribution in [0.3, 0.4) is 0 Å². The average molecular weight is 320 g/mol. The van der Waals surface area contributed by atoms with Gasteiger partial charge in [-0.2, -0.15) is 10.1 Å². The fourth-order valence-corrected chi connectivity index (χ4v) is 2.27. The first-order valence-corrected chi connectivity index (χ1v) is 6.86. The summed E-state index contributed by atoms with van der Waals surface area (Å²) in [6.07, 6.45) is 0. The van der Waals surface area contributed by atoms with Crippen LogP contribution in [-0.2, 0) is 13.7 Å². The summed E-state index contributed by atoms with van der Waals surface area (Å²) in [5.74, 6) is 0.116. The molecule has 96 valence electrons. The third kappa shape index (κ3) is 4.00. The Kier molecular flexibility index (Phi) is 5.54. The van der Waals surface area contributed by atoms with Gasteiger partial charge in [-0.05, 0) is 0 Å². The Morgan fingerprint density at radius 2 is 1.76 bits per heavy atom. The van der Waals surface area contributed by atoms with E-state index >= 15 is 0 Å². The van der Waals surface area contributed by atoms with Crippen molar-refractivity contribution in [2.45, 2.75) is 0 Å². The topological polar surface area (TPSA) is 56.8 Å². The summed E-state index contributed by atoms with van der Waals surface area (Å²) >= 11 is 17.3. The zero-order valence-corrected chi connectivity index (χ0v) is 12.0. The number of phosphoric ester groups is 1. The average Bonchev–Trinajstić information content (AvgIpc) is 2.26. The number of hydrogen-bond donors (Lipinski definition) is 1. The Morgan fingerprint density at radius 1 is 1.24 bits per heavy atom. The predicted octanol–water partition coefficient (Wildman–Crippen LogP) is 3.93. The summed E-state index contributed by atoms with van der Waals surface area (Å²) in [5.41, 5.74) is 2.21. The number of nitrogens with one attached hydrogen (secondary N) is 1. The third-order valence-electron chi connectivity index (χ3n) is 1.60. The summed E-state index contributed by atoms with van der Waals surface area (Å²) in [4.78, 5) is 0. The first-order chi connectivity index (χ1) is 7.91. The summed E-state index contributed by atoms with van der Waals surface area (Å²) < 4.78 is 26.1. The number of benzene rings is 1. The summed E-state index contributed by atoms with van der Waals surface area (Å²) in [6.45, 7) is 0. The van der Waals surface area contributed by atoms with Gasteiger partial charge in [-0.1, -0.05) is 34.8 Å². The van der Waals surface area contributed by atoms with Crippen LogP contribution >= 0.6 is 42.6 Å². The Morgan fingerprint density at radius 3 is 2.18 bits per heavy atom. The monoisotopic (exact) mass is 319 g/mol. The molecular weight excluding hydrogens is 311 g/mol. The number of hydroxylamine groups is 1. The van der Waals surface area contributed by atoms with Crippen molar-refractivity contribution in [1.82, 2.24) is 5.48 Å². The van der Waals surface area contributed by atoms with Crippen molar-refractivity contribution in [3.8, 4) is 5.75 Å². The number of halogens is 3. The van der Waals surface area contributed by atoms with Gasteiger partial charge in [0.25, 0.3) is 0 Å². The fourth-order valence-electron chi connectivity index (χ4n) is 0.919. The second kappa shape index (κ2) is 6.25. The molecule has 1 aromatic carbocycles. The van der Waals surface area contributed by atoms with Crippen LogP contribution in [0.4, 0.5) is 0 Å². The van der Waals surface area contributed by atoms with Gasteiger partial charge in [0.05, 0.1) is 15.1 Å². The molecule has 1 unspecified atom stereocenters. The van der Waals surface area contributed by atoms with Gasteiger partial charge in [-0.3, -0.25) is 4.52 Å². The number of rotatable bonds is 5. The SMILES string of the molecule is CNOP(=O)(OC)Oc1cc(Cl)c(Cl)c(Cl)c1. The quantitative estimate of drug-likeness (QED) is 0.506. The molecule has 5 nitrogen and oxygen atoms in total. The molecule has 1 aromatic rings. The van der Waals surface area contributed by atoms with Crippen molar-refractivity contribution in [3.05, 3.63) is 27.2 Å². The minimum atomic E-state index is -3.75. The molecule has 0 heterocycles. The lowest BCUT2D eigenvalue weighted by Gasteiger charge is -2.15. The summed E-state index contributed by atoms with van der Waals surface area (Å²) in [7, 11) is -1.16. The highest BCUT2D eigenvalue weighted by atomic mass is 35.5. The zero-order chi connectivity index (χ0) is 13.1. The second-order valence-corrected chi connectivity index (χ2v) is 5.53. The van der Waals surface area contributed by atoms with Gasteiger partial charge < -0.3 is 4.52 Å². The molecule has 0 aliphatic heterocycles. The highest BCUT2D eigenvalue weighted by molar-refractivity contribution is 7.48. The smallest absolute Gasteiger partial charge is 0.403 e. The van der Waals surface area contributed by atoms with Crippen LogP contribution in [0.25, 0.3) is 0 Å².